The lowest BCUT2D eigenvalue weighted by Crippen LogP contribution is -2.42. The third kappa shape index (κ3) is 4.41. The third-order valence-corrected chi connectivity index (χ3v) is 7.92. The molecule has 3 heterocycles. The van der Waals surface area contributed by atoms with Crippen LogP contribution in [0.15, 0.2) is 69.2 Å². The molecule has 0 radical (unpaired) electrons. The fourth-order valence-corrected chi connectivity index (χ4v) is 5.73. The summed E-state index contributed by atoms with van der Waals surface area (Å²) in [6, 6.07) is 15.0. The van der Waals surface area contributed by atoms with E-state index in [2.05, 4.69) is 0 Å². The topological polar surface area (TPSA) is 94.4 Å². The maximum absolute atomic E-state index is 14.2. The predicted octanol–water partition coefficient (Wildman–Crippen LogP) is 5.25. The second-order valence-electron chi connectivity index (χ2n) is 9.80. The van der Waals surface area contributed by atoms with Gasteiger partial charge in [0.2, 0.25) is 5.58 Å². The van der Waals surface area contributed by atoms with Gasteiger partial charge in [-0.15, -0.1) is 11.3 Å². The number of hydrogen-bond donors (Lipinski definition) is 1. The predicted molar refractivity (Wildman–Crippen MR) is 146 cm³/mol. The van der Waals surface area contributed by atoms with Gasteiger partial charge >= 0.3 is 0 Å². The van der Waals surface area contributed by atoms with E-state index in [1.807, 2.05) is 48.7 Å². The molecule has 9 heteroatoms. The van der Waals surface area contributed by atoms with Gasteiger partial charge in [-0.3, -0.25) is 14.2 Å². The fraction of sp³-hybridized carbons (Fsp3) is 0.276. The maximum atomic E-state index is 14.2. The summed E-state index contributed by atoms with van der Waals surface area (Å²) >= 11 is 1.54. The number of amides is 1. The molecule has 0 bridgehead atoms. The monoisotopic (exact) mass is 530 g/mol. The Morgan fingerprint density at radius 1 is 1.24 bits per heavy atom. The van der Waals surface area contributed by atoms with Crippen molar-refractivity contribution < 1.29 is 13.6 Å². The molecule has 2 N–H and O–H groups in total. The molecule has 0 spiro atoms. The van der Waals surface area contributed by atoms with Gasteiger partial charge in [0.05, 0.1) is 12.6 Å². The molecule has 0 saturated heterocycles. The molecule has 1 fully saturated rings. The molecule has 1 aliphatic carbocycles. The number of hydrogen-bond acceptors (Lipinski definition) is 6. The highest BCUT2D eigenvalue weighted by molar-refractivity contribution is 7.09. The standard InChI is InChI=1S/C29H27FN4O3S/c1-17-4-6-19(7-5-17)28(35)33(13-12-31)25(18-8-9-18)27-32-24-22-15-20(30)10-11-23(22)37-26(24)29(36)34(27)16-21-3-2-14-38-21/h2-7,10-11,14-15,18,25H,8-9,12-13,16,31H2,1H3/t25-/m1/s1. The number of aromatic nitrogens is 2. The zero-order chi connectivity index (χ0) is 26.4. The molecular weight excluding hydrogens is 503 g/mol. The zero-order valence-electron chi connectivity index (χ0n) is 20.9. The molecule has 38 heavy (non-hydrogen) atoms. The second kappa shape index (κ2) is 9.81. The summed E-state index contributed by atoms with van der Waals surface area (Å²) < 4.78 is 21.7. The molecule has 7 nitrogen and oxygen atoms in total. The molecule has 1 atom stereocenters. The largest absolute Gasteiger partial charge is 0.448 e. The molecule has 2 aromatic carbocycles. The number of carbonyl (C=O) groups is 1. The number of furan rings is 1. The van der Waals surface area contributed by atoms with Crippen LogP contribution >= 0.6 is 11.3 Å². The molecule has 1 saturated carbocycles. The van der Waals surface area contributed by atoms with Crippen LogP contribution in [-0.2, 0) is 6.54 Å². The maximum Gasteiger partial charge on any atom is 0.297 e. The molecule has 0 unspecified atom stereocenters. The Morgan fingerprint density at radius 2 is 2.03 bits per heavy atom. The van der Waals surface area contributed by atoms with E-state index in [0.717, 1.165) is 23.3 Å². The van der Waals surface area contributed by atoms with Crippen molar-refractivity contribution in [2.45, 2.75) is 32.4 Å². The highest BCUT2D eigenvalue weighted by atomic mass is 32.1. The first-order valence-corrected chi connectivity index (χ1v) is 13.5. The molecule has 1 aliphatic rings. The number of nitrogens with zero attached hydrogens (tertiary/aromatic N) is 3. The SMILES string of the molecule is Cc1ccc(C(=O)N(CCN)[C@@H](c2nc3c(oc4ccc(F)cc43)c(=O)n2Cc2cccs2)C2CC2)cc1. The first kappa shape index (κ1) is 24.5. The van der Waals surface area contributed by atoms with Crippen molar-refractivity contribution in [1.29, 1.82) is 0 Å². The Labute approximate surface area is 222 Å². The van der Waals surface area contributed by atoms with Gasteiger partial charge in [-0.25, -0.2) is 9.37 Å². The molecule has 1 amide bonds. The van der Waals surface area contributed by atoms with E-state index in [4.69, 9.17) is 15.1 Å². The molecule has 6 rings (SSSR count). The van der Waals surface area contributed by atoms with Gasteiger partial charge in [-0.05, 0) is 67.5 Å². The van der Waals surface area contributed by atoms with E-state index < -0.39 is 11.9 Å². The van der Waals surface area contributed by atoms with Crippen LogP contribution in [-0.4, -0.2) is 33.4 Å². The number of thiophene rings is 1. The molecule has 3 aromatic heterocycles. The number of fused-ring (bicyclic) bond motifs is 3. The number of nitrogens with two attached hydrogens (primary N) is 1. The van der Waals surface area contributed by atoms with Gasteiger partial charge in [0.15, 0.2) is 0 Å². The summed E-state index contributed by atoms with van der Waals surface area (Å²) in [4.78, 5) is 35.5. The summed E-state index contributed by atoms with van der Waals surface area (Å²) in [5.74, 6) is 0.000822. The van der Waals surface area contributed by atoms with E-state index in [9.17, 15) is 14.0 Å². The Balaban J connectivity index is 1.58. The van der Waals surface area contributed by atoms with E-state index in [0.29, 0.717) is 41.0 Å². The van der Waals surface area contributed by atoms with Gasteiger partial charge in [0, 0.05) is 28.9 Å². The first-order valence-electron chi connectivity index (χ1n) is 12.7. The molecule has 194 valence electrons. The summed E-state index contributed by atoms with van der Waals surface area (Å²) in [6.07, 6.45) is 1.81. The van der Waals surface area contributed by atoms with Crippen LogP contribution < -0.4 is 11.3 Å². The van der Waals surface area contributed by atoms with Crippen molar-refractivity contribution in [2.75, 3.05) is 13.1 Å². The van der Waals surface area contributed by atoms with Gasteiger partial charge in [-0.2, -0.15) is 0 Å². The fourth-order valence-electron chi connectivity index (χ4n) is 5.04. The van der Waals surface area contributed by atoms with Crippen molar-refractivity contribution in [3.05, 3.63) is 98.0 Å². The summed E-state index contributed by atoms with van der Waals surface area (Å²) in [5, 5.41) is 2.39. The van der Waals surface area contributed by atoms with Gasteiger partial charge < -0.3 is 15.1 Å². The average molecular weight is 531 g/mol. The van der Waals surface area contributed by atoms with Crippen LogP contribution in [0.3, 0.4) is 0 Å². The number of aryl methyl sites for hydroxylation is 1. The van der Waals surface area contributed by atoms with Crippen molar-refractivity contribution in [3.8, 4) is 0 Å². The van der Waals surface area contributed by atoms with E-state index in [-0.39, 0.29) is 29.5 Å². The van der Waals surface area contributed by atoms with E-state index in [1.54, 1.807) is 9.47 Å². The molecule has 0 aliphatic heterocycles. The Kier molecular flexibility index (Phi) is 6.33. The lowest BCUT2D eigenvalue weighted by molar-refractivity contribution is 0.0643. The van der Waals surface area contributed by atoms with Crippen molar-refractivity contribution in [1.82, 2.24) is 14.5 Å². The van der Waals surface area contributed by atoms with Crippen LogP contribution in [0.1, 0.15) is 45.5 Å². The lowest BCUT2D eigenvalue weighted by Gasteiger charge is -2.33. The Bertz CT molecular complexity index is 1690. The van der Waals surface area contributed by atoms with E-state index in [1.165, 1.54) is 29.5 Å². The Morgan fingerprint density at radius 3 is 2.71 bits per heavy atom. The number of halogens is 1. The quantitative estimate of drug-likeness (QED) is 0.296. The summed E-state index contributed by atoms with van der Waals surface area (Å²) in [5.41, 5.74) is 8.05. The number of rotatable bonds is 8. The summed E-state index contributed by atoms with van der Waals surface area (Å²) in [7, 11) is 0. The molecule has 5 aromatic rings. The van der Waals surface area contributed by atoms with Crippen molar-refractivity contribution in [2.24, 2.45) is 11.7 Å². The van der Waals surface area contributed by atoms with Crippen LogP contribution in [0, 0.1) is 18.7 Å². The summed E-state index contributed by atoms with van der Waals surface area (Å²) in [6.45, 7) is 2.83. The average Bonchev–Trinajstić information content (AvgIpc) is 3.48. The number of benzene rings is 2. The van der Waals surface area contributed by atoms with Crippen LogP contribution in [0.4, 0.5) is 4.39 Å². The van der Waals surface area contributed by atoms with E-state index >= 15 is 0 Å². The van der Waals surface area contributed by atoms with Crippen molar-refractivity contribution in [3.63, 3.8) is 0 Å². The highest BCUT2D eigenvalue weighted by Crippen LogP contribution is 2.45. The van der Waals surface area contributed by atoms with Crippen molar-refractivity contribution >= 4 is 39.3 Å². The minimum Gasteiger partial charge on any atom is -0.448 e. The van der Waals surface area contributed by atoms with Gasteiger partial charge in [0.1, 0.15) is 22.7 Å². The highest BCUT2D eigenvalue weighted by Gasteiger charge is 2.42. The first-order chi connectivity index (χ1) is 18.4. The smallest absolute Gasteiger partial charge is 0.297 e. The third-order valence-electron chi connectivity index (χ3n) is 7.06. The number of carbonyl (C=O) groups excluding carboxylic acids is 1. The minimum atomic E-state index is -0.470. The second-order valence-corrected chi connectivity index (χ2v) is 10.8. The minimum absolute atomic E-state index is 0.0793. The Hall–Kier alpha value is -3.82. The van der Waals surface area contributed by atoms with Crippen LogP contribution in [0.25, 0.3) is 22.1 Å². The molecular formula is C29H27FN4O3S. The van der Waals surface area contributed by atoms with Gasteiger partial charge in [0.25, 0.3) is 11.5 Å². The van der Waals surface area contributed by atoms with Crippen LogP contribution in [0.2, 0.25) is 0 Å². The van der Waals surface area contributed by atoms with Crippen LogP contribution in [0.5, 0.6) is 0 Å². The zero-order valence-corrected chi connectivity index (χ0v) is 21.7. The van der Waals surface area contributed by atoms with Gasteiger partial charge in [-0.1, -0.05) is 23.8 Å². The normalized spacial score (nSPS) is 14.3. The lowest BCUT2D eigenvalue weighted by atomic mass is 10.1.